The third kappa shape index (κ3) is 6.58. The Morgan fingerprint density at radius 1 is 1.13 bits per heavy atom. The van der Waals surface area contributed by atoms with Gasteiger partial charge in [-0.25, -0.2) is 0 Å². The lowest BCUT2D eigenvalue weighted by Crippen LogP contribution is -2.52. The Bertz CT molecular complexity index is 524. The average Bonchev–Trinajstić information content (AvgIpc) is 2.19. The molecule has 0 aromatic rings. The maximum absolute atomic E-state index is 13.3. The zero-order valence-corrected chi connectivity index (χ0v) is 13.8. The van der Waals surface area contributed by atoms with Crippen molar-refractivity contribution >= 4 is 16.1 Å². The highest BCUT2D eigenvalue weighted by Gasteiger charge is 2.66. The summed E-state index contributed by atoms with van der Waals surface area (Å²) in [5, 5.41) is -5.71. The van der Waals surface area contributed by atoms with E-state index in [0.717, 1.165) is 0 Å². The number of carbonyl (C=O) groups excluding carboxylic acids is 1. The van der Waals surface area contributed by atoms with Crippen LogP contribution >= 0.6 is 0 Å². The minimum Gasteiger partial charge on any atom is -0.445 e. The molecule has 138 valence electrons. The topological polar surface area (TPSA) is 80.7 Å². The van der Waals surface area contributed by atoms with Crippen LogP contribution in [0.5, 0.6) is 0 Å². The van der Waals surface area contributed by atoms with Gasteiger partial charge in [-0.3, -0.25) is 9.35 Å². The van der Waals surface area contributed by atoms with Crippen LogP contribution in [0, 0.1) is 11.3 Å². The summed E-state index contributed by atoms with van der Waals surface area (Å²) in [7, 11) is -6.42. The highest BCUT2D eigenvalue weighted by atomic mass is 32.2. The van der Waals surface area contributed by atoms with Crippen molar-refractivity contribution in [2.24, 2.45) is 11.3 Å². The Kier molecular flexibility index (Phi) is 6.59. The molecule has 0 fully saturated rings. The monoisotopic (exact) mass is 370 g/mol. The molecule has 0 spiro atoms. The third-order valence-corrected chi connectivity index (χ3v) is 3.68. The van der Waals surface area contributed by atoms with Crippen molar-refractivity contribution in [2.45, 2.75) is 58.1 Å². The second-order valence-corrected chi connectivity index (χ2v) is 7.88. The molecule has 0 radical (unpaired) electrons. The molecule has 0 rings (SSSR count). The first kappa shape index (κ1) is 22.0. The number of hydrogen-bond acceptors (Lipinski definition) is 4. The van der Waals surface area contributed by atoms with Gasteiger partial charge >= 0.3 is 27.5 Å². The smallest absolute Gasteiger partial charge is 0.432 e. The summed E-state index contributed by atoms with van der Waals surface area (Å²) >= 11 is 0. The molecular weight excluding hydrogens is 351 g/mol. The van der Waals surface area contributed by atoms with Gasteiger partial charge in [-0.05, 0) is 17.8 Å². The molecule has 0 saturated carbocycles. The van der Waals surface area contributed by atoms with Crippen molar-refractivity contribution in [1.82, 2.24) is 0 Å². The summed E-state index contributed by atoms with van der Waals surface area (Å²) < 4.78 is 97.2. The number of halogens is 5. The van der Waals surface area contributed by atoms with Crippen molar-refractivity contribution in [3.63, 3.8) is 0 Å². The van der Waals surface area contributed by atoms with Crippen LogP contribution in [-0.2, 0) is 19.6 Å². The maximum atomic E-state index is 13.3. The molecule has 23 heavy (non-hydrogen) atoms. The van der Waals surface area contributed by atoms with E-state index in [1.807, 2.05) is 0 Å². The molecular formula is C12H19F5O5S. The lowest BCUT2D eigenvalue weighted by Gasteiger charge is -2.29. The van der Waals surface area contributed by atoms with Gasteiger partial charge in [-0.15, -0.1) is 0 Å². The van der Waals surface area contributed by atoms with Gasteiger partial charge in [-0.2, -0.15) is 30.4 Å². The van der Waals surface area contributed by atoms with E-state index in [1.165, 1.54) is 13.8 Å². The minimum absolute atomic E-state index is 0.0791. The van der Waals surface area contributed by atoms with Gasteiger partial charge in [0.05, 0.1) is 6.42 Å². The lowest BCUT2D eigenvalue weighted by atomic mass is 9.81. The fraction of sp³-hybridized carbons (Fsp3) is 0.917. The van der Waals surface area contributed by atoms with E-state index >= 15 is 0 Å². The van der Waals surface area contributed by atoms with Gasteiger partial charge < -0.3 is 4.74 Å². The fourth-order valence-electron chi connectivity index (χ4n) is 2.20. The molecule has 0 amide bonds. The predicted octanol–water partition coefficient (Wildman–Crippen LogP) is 3.40. The molecule has 1 unspecified atom stereocenters. The van der Waals surface area contributed by atoms with E-state index in [1.54, 1.807) is 13.8 Å². The van der Waals surface area contributed by atoms with Crippen LogP contribution in [0.2, 0.25) is 0 Å². The summed E-state index contributed by atoms with van der Waals surface area (Å²) in [6.07, 6.45) is -10.4. The van der Waals surface area contributed by atoms with Crippen LogP contribution in [0.4, 0.5) is 22.0 Å². The second kappa shape index (κ2) is 6.88. The van der Waals surface area contributed by atoms with Crippen LogP contribution in [0.3, 0.4) is 0 Å². The number of alkyl halides is 5. The summed E-state index contributed by atoms with van der Waals surface area (Å²) in [6, 6.07) is 0. The quantitative estimate of drug-likeness (QED) is 0.422. The standard InChI is InChI=1S/C12H19F5O5S/c1-7(2)5-10(3,4)6-8(18)22-9(11(13,14)15)12(16,17)23(19,20)21/h7,9H,5-6H2,1-4H3,(H,19,20,21). The van der Waals surface area contributed by atoms with E-state index in [0.29, 0.717) is 6.42 Å². The van der Waals surface area contributed by atoms with Crippen molar-refractivity contribution in [3.8, 4) is 0 Å². The number of rotatable bonds is 7. The number of ether oxygens (including phenoxy) is 1. The zero-order valence-electron chi connectivity index (χ0n) is 12.9. The molecule has 0 saturated heterocycles. The molecule has 0 aromatic heterocycles. The summed E-state index contributed by atoms with van der Waals surface area (Å²) in [6.45, 7) is 6.63. The summed E-state index contributed by atoms with van der Waals surface area (Å²) in [5.74, 6) is -1.56. The van der Waals surface area contributed by atoms with Gasteiger partial charge in [0.15, 0.2) is 0 Å². The van der Waals surface area contributed by atoms with Gasteiger partial charge in [-0.1, -0.05) is 27.7 Å². The Labute approximate surface area is 130 Å². The molecule has 0 aliphatic carbocycles. The average molecular weight is 370 g/mol. The lowest BCUT2D eigenvalue weighted by molar-refractivity contribution is -0.259. The molecule has 11 heteroatoms. The molecule has 0 heterocycles. The van der Waals surface area contributed by atoms with E-state index in [2.05, 4.69) is 4.74 Å². The SMILES string of the molecule is CC(C)CC(C)(C)CC(=O)OC(C(F)(F)F)C(F)(F)S(=O)(=O)O. The number of esters is 1. The van der Waals surface area contributed by atoms with Gasteiger partial charge in [0.25, 0.3) is 6.10 Å². The van der Waals surface area contributed by atoms with Gasteiger partial charge in [0.2, 0.25) is 0 Å². The van der Waals surface area contributed by atoms with Crippen molar-refractivity contribution in [3.05, 3.63) is 0 Å². The van der Waals surface area contributed by atoms with Crippen LogP contribution in [-0.4, -0.2) is 36.5 Å². The fourth-order valence-corrected chi connectivity index (χ4v) is 2.65. The Morgan fingerprint density at radius 3 is 1.87 bits per heavy atom. The third-order valence-electron chi connectivity index (χ3n) is 2.78. The Morgan fingerprint density at radius 2 is 1.57 bits per heavy atom. The van der Waals surface area contributed by atoms with E-state index in [-0.39, 0.29) is 5.92 Å². The Hall–Kier alpha value is -0.970. The molecule has 5 nitrogen and oxygen atoms in total. The minimum atomic E-state index is -6.42. The van der Waals surface area contributed by atoms with Crippen LogP contribution < -0.4 is 0 Å². The van der Waals surface area contributed by atoms with Crippen LogP contribution in [0.15, 0.2) is 0 Å². The van der Waals surface area contributed by atoms with Crippen molar-refractivity contribution in [2.75, 3.05) is 0 Å². The molecule has 0 aliphatic heterocycles. The maximum Gasteiger partial charge on any atom is 0.432 e. The first-order valence-corrected chi connectivity index (χ1v) is 7.95. The predicted molar refractivity (Wildman–Crippen MR) is 70.3 cm³/mol. The first-order valence-electron chi connectivity index (χ1n) is 6.51. The van der Waals surface area contributed by atoms with Crippen LogP contribution in [0.1, 0.15) is 40.5 Å². The molecule has 1 N–H and O–H groups in total. The second-order valence-electron chi connectivity index (χ2n) is 6.39. The summed E-state index contributed by atoms with van der Waals surface area (Å²) in [5.41, 5.74) is -0.839. The van der Waals surface area contributed by atoms with E-state index in [9.17, 15) is 35.2 Å². The molecule has 0 aliphatic rings. The normalized spacial score (nSPS) is 15.6. The van der Waals surface area contributed by atoms with Crippen LogP contribution in [0.25, 0.3) is 0 Å². The largest absolute Gasteiger partial charge is 0.445 e. The van der Waals surface area contributed by atoms with E-state index < -0.39 is 45.5 Å². The number of hydrogen-bond donors (Lipinski definition) is 1. The van der Waals surface area contributed by atoms with Crippen molar-refractivity contribution in [1.29, 1.82) is 0 Å². The van der Waals surface area contributed by atoms with Gasteiger partial charge in [0.1, 0.15) is 0 Å². The zero-order chi connectivity index (χ0) is 18.9. The van der Waals surface area contributed by atoms with Crippen molar-refractivity contribution < 1.29 is 44.5 Å². The molecule has 1 atom stereocenters. The number of carbonyl (C=O) groups is 1. The van der Waals surface area contributed by atoms with Gasteiger partial charge in [0, 0.05) is 0 Å². The van der Waals surface area contributed by atoms with E-state index in [4.69, 9.17) is 4.55 Å². The Balaban J connectivity index is 5.34. The highest BCUT2D eigenvalue weighted by Crippen LogP contribution is 2.39. The first-order chi connectivity index (χ1) is 9.90. The highest BCUT2D eigenvalue weighted by molar-refractivity contribution is 7.86. The summed E-state index contributed by atoms with van der Waals surface area (Å²) in [4.78, 5) is 11.5. The molecule has 0 bridgehead atoms. The molecule has 0 aromatic carbocycles.